The van der Waals surface area contributed by atoms with Crippen LogP contribution in [0.2, 0.25) is 0 Å². The van der Waals surface area contributed by atoms with Crippen molar-refractivity contribution in [2.45, 2.75) is 83.8 Å². The summed E-state index contributed by atoms with van der Waals surface area (Å²) < 4.78 is 24.9. The van der Waals surface area contributed by atoms with E-state index in [0.29, 0.717) is 12.8 Å². The smallest absolute Gasteiger partial charge is 0.462 e. The molecule has 3 N–H and O–H groups in total. The van der Waals surface area contributed by atoms with Crippen molar-refractivity contribution in [1.29, 1.82) is 0 Å². The summed E-state index contributed by atoms with van der Waals surface area (Å²) in [5.41, 5.74) is 0. The molecule has 0 bridgehead atoms. The molecule has 0 fully saturated rings. The fourth-order valence-corrected chi connectivity index (χ4v) is 3.06. The van der Waals surface area contributed by atoms with E-state index in [4.69, 9.17) is 19.3 Å². The molecule has 0 saturated carbocycles. The molecular formula is C25H41O9P. The minimum atomic E-state index is -4.72. The van der Waals surface area contributed by atoms with E-state index in [1.54, 1.807) is 0 Å². The first-order valence-corrected chi connectivity index (χ1v) is 13.5. The van der Waals surface area contributed by atoms with Gasteiger partial charge < -0.3 is 24.4 Å². The highest BCUT2D eigenvalue weighted by Crippen LogP contribution is 2.35. The normalized spacial score (nSPS) is 14.3. The van der Waals surface area contributed by atoms with Gasteiger partial charge in [-0.15, -0.1) is 0 Å². The third kappa shape index (κ3) is 24.9. The molecule has 9 nitrogen and oxygen atoms in total. The van der Waals surface area contributed by atoms with Gasteiger partial charge in [-0.1, -0.05) is 55.5 Å². The lowest BCUT2D eigenvalue weighted by atomic mass is 10.1. The Labute approximate surface area is 208 Å². The number of esters is 2. The van der Waals surface area contributed by atoms with Crippen molar-refractivity contribution in [3.63, 3.8) is 0 Å². The Morgan fingerprint density at radius 3 is 1.94 bits per heavy atom. The quantitative estimate of drug-likeness (QED) is 0.0910. The molecule has 0 aliphatic carbocycles. The first kappa shape index (κ1) is 33.0. The number of hydrogen-bond acceptors (Lipinski definition) is 7. The third-order valence-corrected chi connectivity index (χ3v) is 5.05. The number of carbonyl (C=O) groups is 2. The molecule has 10 heteroatoms. The summed E-state index contributed by atoms with van der Waals surface area (Å²) in [6, 6.07) is 0. The van der Waals surface area contributed by atoms with Crippen LogP contribution in [0.5, 0.6) is 0 Å². The minimum Gasteiger partial charge on any atom is -0.462 e. The molecule has 35 heavy (non-hydrogen) atoms. The summed E-state index contributed by atoms with van der Waals surface area (Å²) in [4.78, 5) is 40.3. The van der Waals surface area contributed by atoms with E-state index >= 15 is 0 Å². The molecule has 0 aromatic carbocycles. The summed E-state index contributed by atoms with van der Waals surface area (Å²) in [7, 11) is -4.72. The highest BCUT2D eigenvalue weighted by molar-refractivity contribution is 7.46. The molecule has 200 valence electrons. The molecule has 0 radical (unpaired) electrons. The number of unbranched alkanes of at least 4 members (excludes halogenated alkanes) is 1. The van der Waals surface area contributed by atoms with Gasteiger partial charge in [-0.3, -0.25) is 14.1 Å². The Morgan fingerprint density at radius 2 is 1.43 bits per heavy atom. The number of rotatable bonds is 20. The number of phosphoric ester groups is 1. The SMILES string of the molecule is CC[C@H](O)CC/C=C\C/C=C\C/C=C\C/C=C\CCCC(=O)OC[C@H](COP(=O)(O)O)OC(C)=O. The van der Waals surface area contributed by atoms with Gasteiger partial charge >= 0.3 is 19.8 Å². The van der Waals surface area contributed by atoms with Gasteiger partial charge in [-0.2, -0.15) is 0 Å². The number of ether oxygens (including phenoxy) is 2. The van der Waals surface area contributed by atoms with Crippen LogP contribution in [0.4, 0.5) is 0 Å². The molecule has 0 aromatic rings. The molecule has 0 rings (SSSR count). The number of aliphatic hydroxyl groups excluding tert-OH is 1. The van der Waals surface area contributed by atoms with Gasteiger partial charge in [0.05, 0.1) is 12.7 Å². The molecular weight excluding hydrogens is 475 g/mol. The van der Waals surface area contributed by atoms with Crippen molar-refractivity contribution in [1.82, 2.24) is 0 Å². The molecule has 0 amide bonds. The van der Waals surface area contributed by atoms with Crippen LogP contribution in [0.3, 0.4) is 0 Å². The highest BCUT2D eigenvalue weighted by Gasteiger charge is 2.21. The van der Waals surface area contributed by atoms with Crippen molar-refractivity contribution in [2.24, 2.45) is 0 Å². The summed E-state index contributed by atoms with van der Waals surface area (Å²) in [6.07, 6.45) is 21.9. The fraction of sp³-hybridized carbons (Fsp3) is 0.600. The Balaban J connectivity index is 3.86. The molecule has 0 aliphatic rings. The molecule has 0 spiro atoms. The number of carbonyl (C=O) groups excluding carboxylic acids is 2. The van der Waals surface area contributed by atoms with Crippen molar-refractivity contribution < 1.29 is 43.0 Å². The molecule has 0 aromatic heterocycles. The lowest BCUT2D eigenvalue weighted by Crippen LogP contribution is -2.28. The second kappa shape index (κ2) is 21.3. The second-order valence-corrected chi connectivity index (χ2v) is 9.06. The molecule has 0 aliphatic heterocycles. The van der Waals surface area contributed by atoms with Crippen molar-refractivity contribution in [3.8, 4) is 0 Å². The Hall–Kier alpha value is -2.03. The van der Waals surface area contributed by atoms with Gasteiger partial charge in [-0.05, 0) is 51.4 Å². The van der Waals surface area contributed by atoms with Crippen LogP contribution in [0.1, 0.15) is 71.6 Å². The van der Waals surface area contributed by atoms with Crippen LogP contribution in [0.15, 0.2) is 48.6 Å². The standard InChI is InChI=1S/C25H41O9P/c1-3-23(27)18-16-14-12-10-8-6-4-5-7-9-11-13-15-17-19-25(28)32-20-24(34-22(2)26)21-33-35(29,30)31/h5-8,11-14,23-24,27H,3-4,9-10,15-21H2,1-2H3,(H2,29,30,31)/b7-5-,8-6-,13-11-,14-12-/t23-,24+/m0/s1. The lowest BCUT2D eigenvalue weighted by Gasteiger charge is -2.17. The molecule has 0 saturated heterocycles. The number of aliphatic hydroxyl groups is 1. The Kier molecular flexibility index (Phi) is 20.0. The van der Waals surface area contributed by atoms with E-state index in [1.807, 2.05) is 19.1 Å². The maximum Gasteiger partial charge on any atom is 0.469 e. The minimum absolute atomic E-state index is 0.171. The molecule has 0 unspecified atom stereocenters. The van der Waals surface area contributed by atoms with Crippen molar-refractivity contribution in [2.75, 3.05) is 13.2 Å². The summed E-state index contributed by atoms with van der Waals surface area (Å²) in [6.45, 7) is 2.19. The van der Waals surface area contributed by atoms with Crippen LogP contribution in [0, 0.1) is 0 Å². The van der Waals surface area contributed by atoms with Gasteiger partial charge in [-0.25, -0.2) is 4.57 Å². The van der Waals surface area contributed by atoms with Crippen molar-refractivity contribution in [3.05, 3.63) is 48.6 Å². The largest absolute Gasteiger partial charge is 0.469 e. The second-order valence-electron chi connectivity index (χ2n) is 7.83. The van der Waals surface area contributed by atoms with E-state index in [9.17, 15) is 19.3 Å². The molecule has 2 atom stereocenters. The number of allylic oxidation sites excluding steroid dienone is 8. The average Bonchev–Trinajstić information content (AvgIpc) is 2.79. The maximum absolute atomic E-state index is 11.8. The predicted octanol–water partition coefficient (Wildman–Crippen LogP) is 4.69. The topological polar surface area (TPSA) is 140 Å². The average molecular weight is 517 g/mol. The van der Waals surface area contributed by atoms with E-state index in [2.05, 4.69) is 41.0 Å². The zero-order chi connectivity index (χ0) is 26.4. The predicted molar refractivity (Wildman–Crippen MR) is 134 cm³/mol. The summed E-state index contributed by atoms with van der Waals surface area (Å²) in [5, 5.41) is 9.46. The van der Waals surface area contributed by atoms with Crippen LogP contribution < -0.4 is 0 Å². The van der Waals surface area contributed by atoms with E-state index in [-0.39, 0.29) is 19.1 Å². The van der Waals surface area contributed by atoms with Crippen LogP contribution in [-0.4, -0.2) is 52.3 Å². The van der Waals surface area contributed by atoms with Gasteiger partial charge in [0, 0.05) is 13.3 Å². The first-order chi connectivity index (χ1) is 16.6. The van der Waals surface area contributed by atoms with Gasteiger partial charge in [0.2, 0.25) is 0 Å². The highest BCUT2D eigenvalue weighted by atomic mass is 31.2. The van der Waals surface area contributed by atoms with Gasteiger partial charge in [0.1, 0.15) is 6.61 Å². The van der Waals surface area contributed by atoms with E-state index in [1.165, 1.54) is 0 Å². The Bertz CT molecular complexity index is 737. The fourth-order valence-electron chi connectivity index (χ4n) is 2.69. The van der Waals surface area contributed by atoms with Gasteiger partial charge in [0.25, 0.3) is 0 Å². The van der Waals surface area contributed by atoms with Crippen LogP contribution >= 0.6 is 7.82 Å². The van der Waals surface area contributed by atoms with E-state index in [0.717, 1.165) is 45.4 Å². The van der Waals surface area contributed by atoms with Crippen LogP contribution in [0.25, 0.3) is 0 Å². The zero-order valence-corrected chi connectivity index (χ0v) is 21.7. The third-order valence-electron chi connectivity index (χ3n) is 4.56. The van der Waals surface area contributed by atoms with E-state index < -0.39 is 32.5 Å². The zero-order valence-electron chi connectivity index (χ0n) is 20.8. The number of hydrogen-bond donors (Lipinski definition) is 3. The van der Waals surface area contributed by atoms with Crippen LogP contribution in [-0.2, 0) is 28.2 Å². The summed E-state index contributed by atoms with van der Waals surface area (Å²) >= 11 is 0. The lowest BCUT2D eigenvalue weighted by molar-refractivity contribution is -0.159. The molecule has 0 heterocycles. The summed E-state index contributed by atoms with van der Waals surface area (Å²) in [5.74, 6) is -1.17. The number of phosphoric acid groups is 1. The monoisotopic (exact) mass is 516 g/mol. The van der Waals surface area contributed by atoms with Crippen molar-refractivity contribution >= 4 is 19.8 Å². The van der Waals surface area contributed by atoms with Gasteiger partial charge in [0.15, 0.2) is 6.10 Å². The maximum atomic E-state index is 11.8. The first-order valence-electron chi connectivity index (χ1n) is 11.9. The Morgan fingerprint density at radius 1 is 0.886 bits per heavy atom.